The summed E-state index contributed by atoms with van der Waals surface area (Å²) in [6.45, 7) is 5.09. The minimum absolute atomic E-state index is 0.0260. The average Bonchev–Trinajstić information content (AvgIpc) is 2.59. The lowest BCUT2D eigenvalue weighted by molar-refractivity contribution is -0.128. The van der Waals surface area contributed by atoms with Crippen LogP contribution in [0.25, 0.3) is 0 Å². The Morgan fingerprint density at radius 1 is 1.00 bits per heavy atom. The summed E-state index contributed by atoms with van der Waals surface area (Å²) in [5, 5.41) is 5.52. The fraction of sp³-hybridized carbons (Fsp3) is 0.833. The molecule has 25 heavy (non-hydrogen) atoms. The van der Waals surface area contributed by atoms with Crippen LogP contribution < -0.4 is 10.6 Å². The van der Waals surface area contributed by atoms with Crippen molar-refractivity contribution >= 4 is 17.6 Å². The van der Waals surface area contributed by atoms with Crippen LogP contribution in [-0.4, -0.2) is 57.1 Å². The van der Waals surface area contributed by atoms with Crippen LogP contribution in [0.5, 0.6) is 0 Å². The first kappa shape index (κ1) is 21.6. The molecule has 0 aromatic carbocycles. The number of ketones is 1. The Bertz CT molecular complexity index is 431. The van der Waals surface area contributed by atoms with Gasteiger partial charge in [-0.3, -0.25) is 14.4 Å². The van der Waals surface area contributed by atoms with Gasteiger partial charge in [0.25, 0.3) is 0 Å². The van der Waals surface area contributed by atoms with Crippen LogP contribution in [0.15, 0.2) is 0 Å². The van der Waals surface area contributed by atoms with Crippen LogP contribution in [0.4, 0.5) is 0 Å². The second-order valence-corrected chi connectivity index (χ2v) is 6.81. The van der Waals surface area contributed by atoms with Crippen molar-refractivity contribution in [3.8, 4) is 0 Å². The number of methoxy groups -OCH3 is 1. The van der Waals surface area contributed by atoms with Gasteiger partial charge in [-0.15, -0.1) is 0 Å². The van der Waals surface area contributed by atoms with E-state index in [9.17, 15) is 14.4 Å². The molecule has 144 valence electrons. The van der Waals surface area contributed by atoms with Crippen molar-refractivity contribution in [2.45, 2.75) is 52.0 Å². The Morgan fingerprint density at radius 3 is 2.28 bits per heavy atom. The highest BCUT2D eigenvalue weighted by Gasteiger charge is 2.28. The summed E-state index contributed by atoms with van der Waals surface area (Å²) in [6, 6.07) is 0.0954. The van der Waals surface area contributed by atoms with Crippen molar-refractivity contribution in [3.05, 3.63) is 0 Å². The van der Waals surface area contributed by atoms with Gasteiger partial charge in [-0.2, -0.15) is 0 Å². The lowest BCUT2D eigenvalue weighted by Gasteiger charge is -2.29. The first-order valence-corrected chi connectivity index (χ1v) is 9.10. The van der Waals surface area contributed by atoms with Gasteiger partial charge < -0.3 is 20.1 Å². The average molecular weight is 356 g/mol. The SMILES string of the molecule is COCCOCCC(=O)NCC(=O)NC1CCC(C(=O)C(C)C)CC1. The number of ether oxygens (including phenoxy) is 2. The van der Waals surface area contributed by atoms with E-state index in [1.807, 2.05) is 13.8 Å². The third-order valence-corrected chi connectivity index (χ3v) is 4.42. The zero-order valence-corrected chi connectivity index (χ0v) is 15.6. The largest absolute Gasteiger partial charge is 0.382 e. The zero-order valence-electron chi connectivity index (χ0n) is 15.6. The molecular weight excluding hydrogens is 324 g/mol. The van der Waals surface area contributed by atoms with Crippen LogP contribution in [0.2, 0.25) is 0 Å². The van der Waals surface area contributed by atoms with Gasteiger partial charge in [0.2, 0.25) is 11.8 Å². The second kappa shape index (κ2) is 12.0. The van der Waals surface area contributed by atoms with Crippen molar-refractivity contribution in [1.82, 2.24) is 10.6 Å². The number of carbonyl (C=O) groups excluding carboxylic acids is 3. The van der Waals surface area contributed by atoms with Gasteiger partial charge in [0.1, 0.15) is 5.78 Å². The number of hydrogen-bond donors (Lipinski definition) is 2. The number of carbonyl (C=O) groups is 3. The number of Topliss-reactive ketones (excluding diaryl/α,β-unsaturated/α-hetero) is 1. The summed E-state index contributed by atoms with van der Waals surface area (Å²) in [5.74, 6) is 0.131. The van der Waals surface area contributed by atoms with Crippen LogP contribution in [0.1, 0.15) is 46.0 Å². The normalized spacial score (nSPS) is 20.3. The molecule has 0 bridgehead atoms. The standard InChI is InChI=1S/C18H32N2O5/c1-13(2)18(23)14-4-6-15(7-5-14)20-17(22)12-19-16(21)8-9-25-11-10-24-3/h13-15H,4-12H2,1-3H3,(H,19,21)(H,20,22). The molecule has 0 spiro atoms. The molecule has 2 amide bonds. The maximum absolute atomic E-state index is 12.0. The molecule has 1 rings (SSSR count). The minimum atomic E-state index is -0.209. The molecule has 0 aromatic rings. The Kier molecular flexibility index (Phi) is 10.3. The molecule has 1 fully saturated rings. The van der Waals surface area contributed by atoms with E-state index in [1.54, 1.807) is 7.11 Å². The summed E-state index contributed by atoms with van der Waals surface area (Å²) in [6.07, 6.45) is 3.51. The van der Waals surface area contributed by atoms with E-state index in [0.717, 1.165) is 25.7 Å². The van der Waals surface area contributed by atoms with Crippen molar-refractivity contribution in [2.75, 3.05) is 33.5 Å². The van der Waals surface area contributed by atoms with E-state index in [4.69, 9.17) is 9.47 Å². The van der Waals surface area contributed by atoms with E-state index in [-0.39, 0.29) is 42.7 Å². The molecule has 2 N–H and O–H groups in total. The van der Waals surface area contributed by atoms with Gasteiger partial charge >= 0.3 is 0 Å². The van der Waals surface area contributed by atoms with Crippen LogP contribution in [-0.2, 0) is 23.9 Å². The predicted molar refractivity (Wildman–Crippen MR) is 94.1 cm³/mol. The highest BCUT2D eigenvalue weighted by Crippen LogP contribution is 2.27. The first-order chi connectivity index (χ1) is 11.9. The molecule has 0 aliphatic heterocycles. The van der Waals surface area contributed by atoms with E-state index < -0.39 is 0 Å². The van der Waals surface area contributed by atoms with Crippen molar-refractivity contribution < 1.29 is 23.9 Å². The molecule has 1 aliphatic carbocycles. The summed E-state index contributed by atoms with van der Waals surface area (Å²) in [4.78, 5) is 35.5. The summed E-state index contributed by atoms with van der Waals surface area (Å²) < 4.78 is 10.0. The highest BCUT2D eigenvalue weighted by molar-refractivity contribution is 5.85. The van der Waals surface area contributed by atoms with Crippen molar-refractivity contribution in [2.24, 2.45) is 11.8 Å². The predicted octanol–water partition coefficient (Wildman–Crippen LogP) is 1.06. The number of rotatable bonds is 11. The van der Waals surface area contributed by atoms with Gasteiger partial charge in [0.05, 0.1) is 26.4 Å². The maximum Gasteiger partial charge on any atom is 0.239 e. The maximum atomic E-state index is 12.0. The molecule has 0 unspecified atom stereocenters. The second-order valence-electron chi connectivity index (χ2n) is 6.81. The molecule has 7 nitrogen and oxygen atoms in total. The Morgan fingerprint density at radius 2 is 1.68 bits per heavy atom. The quantitative estimate of drug-likeness (QED) is 0.540. The monoisotopic (exact) mass is 356 g/mol. The molecular formula is C18H32N2O5. The Balaban J connectivity index is 2.13. The summed E-state index contributed by atoms with van der Waals surface area (Å²) in [5.41, 5.74) is 0. The molecule has 0 aromatic heterocycles. The summed E-state index contributed by atoms with van der Waals surface area (Å²) in [7, 11) is 1.59. The topological polar surface area (TPSA) is 93.7 Å². The minimum Gasteiger partial charge on any atom is -0.382 e. The van der Waals surface area contributed by atoms with Crippen molar-refractivity contribution in [1.29, 1.82) is 0 Å². The zero-order chi connectivity index (χ0) is 18.7. The molecule has 0 radical (unpaired) electrons. The number of hydrogen-bond acceptors (Lipinski definition) is 5. The smallest absolute Gasteiger partial charge is 0.239 e. The third kappa shape index (κ3) is 8.97. The highest BCUT2D eigenvalue weighted by atomic mass is 16.5. The van der Waals surface area contributed by atoms with E-state index >= 15 is 0 Å². The molecule has 0 atom stereocenters. The van der Waals surface area contributed by atoms with Gasteiger partial charge in [-0.05, 0) is 25.7 Å². The Labute approximate surface area is 150 Å². The van der Waals surface area contributed by atoms with E-state index in [0.29, 0.717) is 25.6 Å². The van der Waals surface area contributed by atoms with Crippen LogP contribution in [0, 0.1) is 11.8 Å². The van der Waals surface area contributed by atoms with Crippen LogP contribution >= 0.6 is 0 Å². The Hall–Kier alpha value is -1.47. The molecule has 0 saturated heterocycles. The van der Waals surface area contributed by atoms with Crippen LogP contribution in [0.3, 0.4) is 0 Å². The van der Waals surface area contributed by atoms with Gasteiger partial charge in [-0.1, -0.05) is 13.8 Å². The van der Waals surface area contributed by atoms with Gasteiger partial charge in [0.15, 0.2) is 0 Å². The van der Waals surface area contributed by atoms with E-state index in [2.05, 4.69) is 10.6 Å². The van der Waals surface area contributed by atoms with Gasteiger partial charge in [0, 0.05) is 31.4 Å². The molecule has 1 saturated carbocycles. The fourth-order valence-electron chi connectivity index (χ4n) is 2.95. The van der Waals surface area contributed by atoms with Gasteiger partial charge in [-0.25, -0.2) is 0 Å². The molecule has 0 heterocycles. The lowest BCUT2D eigenvalue weighted by Crippen LogP contribution is -2.44. The third-order valence-electron chi connectivity index (χ3n) is 4.42. The fourth-order valence-corrected chi connectivity index (χ4v) is 2.95. The first-order valence-electron chi connectivity index (χ1n) is 9.10. The number of amides is 2. The van der Waals surface area contributed by atoms with E-state index in [1.165, 1.54) is 0 Å². The lowest BCUT2D eigenvalue weighted by atomic mass is 9.80. The molecule has 7 heteroatoms. The summed E-state index contributed by atoms with van der Waals surface area (Å²) >= 11 is 0. The molecule has 1 aliphatic rings. The van der Waals surface area contributed by atoms with Crippen molar-refractivity contribution in [3.63, 3.8) is 0 Å². The number of nitrogens with one attached hydrogen (secondary N) is 2.